The van der Waals surface area contributed by atoms with Gasteiger partial charge in [0.05, 0.1) is 25.7 Å². The molecule has 0 aliphatic heterocycles. The third-order valence-corrected chi connectivity index (χ3v) is 2.74. The molecule has 0 radical (unpaired) electrons. The van der Waals surface area contributed by atoms with Gasteiger partial charge >= 0.3 is 5.97 Å². The average Bonchev–Trinajstić information content (AvgIpc) is 2.36. The summed E-state index contributed by atoms with van der Waals surface area (Å²) in [7, 11) is 1.33. The molecule has 0 aromatic heterocycles. The van der Waals surface area contributed by atoms with Gasteiger partial charge in [-0.15, -0.1) is 0 Å². The van der Waals surface area contributed by atoms with Crippen LogP contribution in [0.25, 0.3) is 0 Å². The number of rotatable bonds is 6. The fourth-order valence-electron chi connectivity index (χ4n) is 1.85. The Bertz CT molecular complexity index is 340. The predicted molar refractivity (Wildman–Crippen MR) is 64.0 cm³/mol. The summed E-state index contributed by atoms with van der Waals surface area (Å²) in [5.41, 5.74) is 5.21. The Labute approximate surface area is 101 Å². The number of esters is 1. The van der Waals surface area contributed by atoms with Gasteiger partial charge in [-0.3, -0.25) is 4.79 Å². The van der Waals surface area contributed by atoms with Gasteiger partial charge in [-0.2, -0.15) is 0 Å². The number of benzene rings is 1. The van der Waals surface area contributed by atoms with Gasteiger partial charge in [0.1, 0.15) is 0 Å². The van der Waals surface area contributed by atoms with E-state index in [0.717, 1.165) is 6.42 Å². The van der Waals surface area contributed by atoms with E-state index in [2.05, 4.69) is 10.5 Å². The van der Waals surface area contributed by atoms with Gasteiger partial charge in [0.2, 0.25) is 0 Å². The van der Waals surface area contributed by atoms with Gasteiger partial charge < -0.3 is 15.6 Å². The average molecular weight is 238 g/mol. The van der Waals surface area contributed by atoms with Crippen LogP contribution in [0.2, 0.25) is 0 Å². The normalized spacial score (nSPS) is 14.1. The minimum atomic E-state index is -0.466. The SMILES string of the molecule is COC(=O)C(CO)C[C@@H]([NH3+])Cc1ccccc1. The number of ether oxygens (including phenoxy) is 1. The molecule has 0 heterocycles. The second kappa shape index (κ2) is 7.04. The monoisotopic (exact) mass is 238 g/mol. The van der Waals surface area contributed by atoms with Crippen LogP contribution in [-0.4, -0.2) is 30.8 Å². The first kappa shape index (κ1) is 13.7. The van der Waals surface area contributed by atoms with E-state index in [1.54, 1.807) is 0 Å². The Morgan fingerprint density at radius 3 is 2.59 bits per heavy atom. The van der Waals surface area contributed by atoms with Gasteiger partial charge in [-0.05, 0) is 5.56 Å². The number of hydrogen-bond acceptors (Lipinski definition) is 3. The highest BCUT2D eigenvalue weighted by atomic mass is 16.5. The highest BCUT2D eigenvalue weighted by Crippen LogP contribution is 2.10. The van der Waals surface area contributed by atoms with Crippen LogP contribution in [0.4, 0.5) is 0 Å². The Hall–Kier alpha value is -1.39. The maximum atomic E-state index is 11.3. The molecular formula is C13H20NO3+. The minimum absolute atomic E-state index is 0.0913. The van der Waals surface area contributed by atoms with Crippen LogP contribution < -0.4 is 5.73 Å². The Kier molecular flexibility index (Phi) is 5.66. The lowest BCUT2D eigenvalue weighted by atomic mass is 9.96. The first-order chi connectivity index (χ1) is 8.17. The molecule has 0 spiro atoms. The molecule has 0 bridgehead atoms. The molecule has 4 heteroatoms. The van der Waals surface area contributed by atoms with E-state index in [4.69, 9.17) is 5.11 Å². The van der Waals surface area contributed by atoms with Crippen molar-refractivity contribution in [2.24, 2.45) is 5.92 Å². The quantitative estimate of drug-likeness (QED) is 0.686. The summed E-state index contributed by atoms with van der Waals surface area (Å²) >= 11 is 0. The summed E-state index contributed by atoms with van der Waals surface area (Å²) in [4.78, 5) is 11.3. The van der Waals surface area contributed by atoms with Crippen LogP contribution >= 0.6 is 0 Å². The fraction of sp³-hybridized carbons (Fsp3) is 0.462. The molecule has 0 aliphatic rings. The lowest BCUT2D eigenvalue weighted by Crippen LogP contribution is -2.63. The molecule has 1 aromatic carbocycles. The largest absolute Gasteiger partial charge is 0.469 e. The summed E-state index contributed by atoms with van der Waals surface area (Å²) in [6.45, 7) is -0.187. The van der Waals surface area contributed by atoms with E-state index in [9.17, 15) is 4.79 Å². The smallest absolute Gasteiger partial charge is 0.311 e. The number of aliphatic hydroxyl groups is 1. The Morgan fingerprint density at radius 2 is 2.06 bits per heavy atom. The van der Waals surface area contributed by atoms with Crippen LogP contribution in [-0.2, 0) is 16.0 Å². The van der Waals surface area contributed by atoms with Crippen molar-refractivity contribution in [3.8, 4) is 0 Å². The van der Waals surface area contributed by atoms with Crippen molar-refractivity contribution >= 4 is 5.97 Å². The van der Waals surface area contributed by atoms with Crippen LogP contribution in [0.1, 0.15) is 12.0 Å². The van der Waals surface area contributed by atoms with E-state index in [0.29, 0.717) is 6.42 Å². The van der Waals surface area contributed by atoms with Gasteiger partial charge in [-0.25, -0.2) is 0 Å². The van der Waals surface area contributed by atoms with Gasteiger partial charge in [0, 0.05) is 12.8 Å². The number of aliphatic hydroxyl groups excluding tert-OH is 1. The molecule has 1 unspecified atom stereocenters. The molecular weight excluding hydrogens is 218 g/mol. The van der Waals surface area contributed by atoms with Crippen LogP contribution in [0.15, 0.2) is 30.3 Å². The third kappa shape index (κ3) is 4.54. The van der Waals surface area contributed by atoms with E-state index < -0.39 is 5.92 Å². The molecule has 0 saturated carbocycles. The molecule has 94 valence electrons. The van der Waals surface area contributed by atoms with Crippen LogP contribution in [0.3, 0.4) is 0 Å². The topological polar surface area (TPSA) is 74.2 Å². The summed E-state index contributed by atoms with van der Waals surface area (Å²) in [6.07, 6.45) is 1.34. The minimum Gasteiger partial charge on any atom is -0.469 e. The molecule has 0 fully saturated rings. The Balaban J connectivity index is 2.48. The summed E-state index contributed by atoms with van der Waals surface area (Å²) < 4.78 is 4.63. The van der Waals surface area contributed by atoms with Crippen molar-refractivity contribution in [3.63, 3.8) is 0 Å². The number of carbonyl (C=O) groups excluding carboxylic acids is 1. The van der Waals surface area contributed by atoms with Crippen molar-refractivity contribution < 1.29 is 20.4 Å². The lowest BCUT2D eigenvalue weighted by molar-refractivity contribution is -0.422. The highest BCUT2D eigenvalue weighted by Gasteiger charge is 2.23. The predicted octanol–water partition coefficient (Wildman–Crippen LogP) is 0.0112. The Morgan fingerprint density at radius 1 is 1.41 bits per heavy atom. The maximum absolute atomic E-state index is 11.3. The van der Waals surface area contributed by atoms with E-state index in [1.807, 2.05) is 30.3 Å². The van der Waals surface area contributed by atoms with Crippen molar-refractivity contribution in [1.29, 1.82) is 0 Å². The van der Waals surface area contributed by atoms with Gasteiger partial charge in [-0.1, -0.05) is 30.3 Å². The first-order valence-corrected chi connectivity index (χ1v) is 5.73. The molecule has 2 atom stereocenters. The number of carbonyl (C=O) groups is 1. The highest BCUT2D eigenvalue weighted by molar-refractivity contribution is 5.72. The maximum Gasteiger partial charge on any atom is 0.311 e. The fourth-order valence-corrected chi connectivity index (χ4v) is 1.85. The zero-order valence-corrected chi connectivity index (χ0v) is 10.1. The molecule has 4 N–H and O–H groups in total. The lowest BCUT2D eigenvalue weighted by Gasteiger charge is -2.15. The standard InChI is InChI=1S/C13H19NO3/c1-17-13(16)11(9-15)8-12(14)7-10-5-3-2-4-6-10/h2-6,11-12,15H,7-9,14H2,1H3/p+1/t11?,12-/m0/s1. The summed E-state index contributed by atoms with van der Waals surface area (Å²) in [5.74, 6) is -0.833. The number of quaternary nitrogens is 1. The summed E-state index contributed by atoms with van der Waals surface area (Å²) in [5, 5.41) is 9.11. The van der Waals surface area contributed by atoms with E-state index >= 15 is 0 Å². The van der Waals surface area contributed by atoms with Crippen molar-refractivity contribution in [1.82, 2.24) is 0 Å². The second-order valence-corrected chi connectivity index (χ2v) is 4.19. The second-order valence-electron chi connectivity index (χ2n) is 4.19. The number of methoxy groups -OCH3 is 1. The van der Waals surface area contributed by atoms with Gasteiger partial charge in [0.15, 0.2) is 0 Å². The molecule has 4 nitrogen and oxygen atoms in total. The molecule has 1 aromatic rings. The molecule has 0 saturated heterocycles. The molecule has 0 amide bonds. The molecule has 17 heavy (non-hydrogen) atoms. The zero-order chi connectivity index (χ0) is 12.7. The third-order valence-electron chi connectivity index (χ3n) is 2.74. The van der Waals surface area contributed by atoms with Crippen LogP contribution in [0, 0.1) is 5.92 Å². The van der Waals surface area contributed by atoms with E-state index in [-0.39, 0.29) is 18.6 Å². The first-order valence-electron chi connectivity index (χ1n) is 5.73. The van der Waals surface area contributed by atoms with Crippen molar-refractivity contribution in [3.05, 3.63) is 35.9 Å². The van der Waals surface area contributed by atoms with Crippen molar-refractivity contribution in [2.45, 2.75) is 18.9 Å². The van der Waals surface area contributed by atoms with Crippen LogP contribution in [0.5, 0.6) is 0 Å². The zero-order valence-electron chi connectivity index (χ0n) is 10.1. The summed E-state index contributed by atoms with van der Waals surface area (Å²) in [6, 6.07) is 10.1. The number of hydrogen-bond donors (Lipinski definition) is 2. The van der Waals surface area contributed by atoms with Gasteiger partial charge in [0.25, 0.3) is 0 Å². The van der Waals surface area contributed by atoms with Crippen molar-refractivity contribution in [2.75, 3.05) is 13.7 Å². The van der Waals surface area contributed by atoms with E-state index in [1.165, 1.54) is 12.7 Å². The molecule has 1 rings (SSSR count). The molecule has 0 aliphatic carbocycles.